The normalized spacial score (nSPS) is 12.4. The smallest absolute Gasteiger partial charge is 0.324 e. The summed E-state index contributed by atoms with van der Waals surface area (Å²) >= 11 is 1.11. The predicted octanol–water partition coefficient (Wildman–Crippen LogP) is 2.83. The van der Waals surface area contributed by atoms with Gasteiger partial charge < -0.3 is 9.84 Å². The van der Waals surface area contributed by atoms with E-state index in [1.807, 2.05) is 36.2 Å². The standard InChI is InChI=1S/C15H18N2O4S/c1-16(8-11-7-15(17(19)20)22-10-11)14(9-18)12-3-5-13(21-2)6-4-12/h3-7,10,14,18H,8-9H2,1-2H3/t14-/m0/s1. The highest BCUT2D eigenvalue weighted by molar-refractivity contribution is 7.13. The average molecular weight is 322 g/mol. The molecular weight excluding hydrogens is 304 g/mol. The Morgan fingerprint density at radius 3 is 2.59 bits per heavy atom. The van der Waals surface area contributed by atoms with Gasteiger partial charge in [-0.3, -0.25) is 15.0 Å². The second kappa shape index (κ2) is 7.35. The molecule has 0 aliphatic carbocycles. The lowest BCUT2D eigenvalue weighted by atomic mass is 10.1. The molecule has 1 heterocycles. The minimum Gasteiger partial charge on any atom is -0.497 e. The first-order valence-electron chi connectivity index (χ1n) is 6.72. The molecule has 2 rings (SSSR count). The number of aliphatic hydroxyl groups is 1. The number of likely N-dealkylation sites (N-methyl/N-ethyl adjacent to an activating group) is 1. The van der Waals surface area contributed by atoms with Gasteiger partial charge in [0.1, 0.15) is 5.75 Å². The van der Waals surface area contributed by atoms with Crippen LogP contribution < -0.4 is 4.74 Å². The van der Waals surface area contributed by atoms with E-state index in [0.717, 1.165) is 28.2 Å². The van der Waals surface area contributed by atoms with Crippen molar-refractivity contribution in [1.29, 1.82) is 0 Å². The Kier molecular flexibility index (Phi) is 5.48. The summed E-state index contributed by atoms with van der Waals surface area (Å²) in [4.78, 5) is 12.3. The van der Waals surface area contributed by atoms with Gasteiger partial charge in [0.15, 0.2) is 0 Å². The molecule has 7 heteroatoms. The zero-order valence-electron chi connectivity index (χ0n) is 12.4. The molecular formula is C15H18N2O4S. The molecule has 0 aliphatic rings. The number of nitro groups is 1. The highest BCUT2D eigenvalue weighted by Gasteiger charge is 2.18. The second-order valence-electron chi connectivity index (χ2n) is 4.94. The molecule has 0 amide bonds. The number of nitrogens with zero attached hydrogens (tertiary/aromatic N) is 2. The molecule has 1 atom stereocenters. The third kappa shape index (κ3) is 3.82. The van der Waals surface area contributed by atoms with Crippen LogP contribution in [0.5, 0.6) is 5.75 Å². The summed E-state index contributed by atoms with van der Waals surface area (Å²) in [6, 6.07) is 8.91. The van der Waals surface area contributed by atoms with Crippen LogP contribution in [0.4, 0.5) is 5.00 Å². The van der Waals surface area contributed by atoms with Gasteiger partial charge in [-0.05, 0) is 30.3 Å². The number of thiophene rings is 1. The van der Waals surface area contributed by atoms with Crippen LogP contribution in [-0.2, 0) is 6.54 Å². The summed E-state index contributed by atoms with van der Waals surface area (Å²) in [5.74, 6) is 0.761. The first-order chi connectivity index (χ1) is 10.5. The molecule has 0 saturated heterocycles. The Labute approximate surface area is 132 Å². The first kappa shape index (κ1) is 16.4. The van der Waals surface area contributed by atoms with Crippen LogP contribution in [0.3, 0.4) is 0 Å². The van der Waals surface area contributed by atoms with Crippen molar-refractivity contribution in [2.45, 2.75) is 12.6 Å². The molecule has 6 nitrogen and oxygen atoms in total. The van der Waals surface area contributed by atoms with Gasteiger partial charge in [-0.15, -0.1) is 0 Å². The van der Waals surface area contributed by atoms with Crippen LogP contribution in [-0.4, -0.2) is 35.7 Å². The number of aliphatic hydroxyl groups excluding tert-OH is 1. The topological polar surface area (TPSA) is 75.8 Å². The van der Waals surface area contributed by atoms with E-state index in [-0.39, 0.29) is 22.6 Å². The Morgan fingerprint density at radius 2 is 2.09 bits per heavy atom. The van der Waals surface area contributed by atoms with Crippen molar-refractivity contribution in [3.8, 4) is 5.75 Å². The molecule has 0 unspecified atom stereocenters. The van der Waals surface area contributed by atoms with Crippen LogP contribution in [0, 0.1) is 10.1 Å². The van der Waals surface area contributed by atoms with E-state index in [2.05, 4.69) is 0 Å². The third-order valence-corrected chi connectivity index (χ3v) is 4.39. The maximum atomic E-state index is 10.7. The van der Waals surface area contributed by atoms with E-state index in [1.54, 1.807) is 18.6 Å². The molecule has 1 aromatic carbocycles. The van der Waals surface area contributed by atoms with Crippen molar-refractivity contribution in [3.63, 3.8) is 0 Å². The van der Waals surface area contributed by atoms with E-state index in [0.29, 0.717) is 6.54 Å². The molecule has 1 N–H and O–H groups in total. The average Bonchev–Trinajstić information content (AvgIpc) is 2.97. The third-order valence-electron chi connectivity index (χ3n) is 3.46. The molecule has 1 aromatic heterocycles. The van der Waals surface area contributed by atoms with Gasteiger partial charge in [-0.1, -0.05) is 23.5 Å². The number of ether oxygens (including phenoxy) is 1. The fourth-order valence-corrected chi connectivity index (χ4v) is 2.99. The van der Waals surface area contributed by atoms with Crippen LogP contribution in [0.1, 0.15) is 17.2 Å². The van der Waals surface area contributed by atoms with E-state index in [1.165, 1.54) is 0 Å². The lowest BCUT2D eigenvalue weighted by Gasteiger charge is -2.26. The van der Waals surface area contributed by atoms with Crippen molar-refractivity contribution in [3.05, 3.63) is 57.0 Å². The van der Waals surface area contributed by atoms with Crippen molar-refractivity contribution >= 4 is 16.3 Å². The molecule has 0 bridgehead atoms. The summed E-state index contributed by atoms with van der Waals surface area (Å²) in [6.45, 7) is 0.497. The van der Waals surface area contributed by atoms with Crippen LogP contribution >= 0.6 is 11.3 Å². The van der Waals surface area contributed by atoms with Gasteiger partial charge in [0.25, 0.3) is 0 Å². The van der Waals surface area contributed by atoms with Gasteiger partial charge >= 0.3 is 5.00 Å². The van der Waals surface area contributed by atoms with E-state index in [9.17, 15) is 15.2 Å². The van der Waals surface area contributed by atoms with E-state index >= 15 is 0 Å². The van der Waals surface area contributed by atoms with Gasteiger partial charge in [0.05, 0.1) is 24.7 Å². The van der Waals surface area contributed by atoms with Crippen molar-refractivity contribution in [2.75, 3.05) is 20.8 Å². The Morgan fingerprint density at radius 1 is 1.41 bits per heavy atom. The van der Waals surface area contributed by atoms with Gasteiger partial charge in [-0.2, -0.15) is 0 Å². The fraction of sp³-hybridized carbons (Fsp3) is 0.333. The van der Waals surface area contributed by atoms with Crippen LogP contribution in [0.25, 0.3) is 0 Å². The Balaban J connectivity index is 2.09. The number of hydrogen-bond acceptors (Lipinski definition) is 6. The Hall–Kier alpha value is -1.96. The minimum absolute atomic E-state index is 0.0327. The van der Waals surface area contributed by atoms with Gasteiger partial charge in [0, 0.05) is 18.0 Å². The van der Waals surface area contributed by atoms with Crippen LogP contribution in [0.15, 0.2) is 35.7 Å². The molecule has 0 fully saturated rings. The Bertz CT molecular complexity index is 627. The van der Waals surface area contributed by atoms with Crippen molar-refractivity contribution in [2.24, 2.45) is 0 Å². The highest BCUT2D eigenvalue weighted by atomic mass is 32.1. The molecule has 0 radical (unpaired) electrons. The lowest BCUT2D eigenvalue weighted by molar-refractivity contribution is -0.380. The summed E-state index contributed by atoms with van der Waals surface area (Å²) in [7, 11) is 3.49. The zero-order valence-corrected chi connectivity index (χ0v) is 13.2. The maximum absolute atomic E-state index is 10.7. The number of benzene rings is 1. The minimum atomic E-state index is -0.388. The first-order valence-corrected chi connectivity index (χ1v) is 7.60. The summed E-state index contributed by atoms with van der Waals surface area (Å²) in [6.07, 6.45) is 0. The van der Waals surface area contributed by atoms with Crippen LogP contribution in [0.2, 0.25) is 0 Å². The molecule has 22 heavy (non-hydrogen) atoms. The zero-order chi connectivity index (χ0) is 16.1. The molecule has 0 aliphatic heterocycles. The lowest BCUT2D eigenvalue weighted by Crippen LogP contribution is -2.26. The fourth-order valence-electron chi connectivity index (χ4n) is 2.26. The quantitative estimate of drug-likeness (QED) is 0.626. The van der Waals surface area contributed by atoms with E-state index < -0.39 is 0 Å². The molecule has 0 spiro atoms. The molecule has 118 valence electrons. The summed E-state index contributed by atoms with van der Waals surface area (Å²) in [5.41, 5.74) is 1.83. The largest absolute Gasteiger partial charge is 0.497 e. The summed E-state index contributed by atoms with van der Waals surface area (Å²) in [5, 5.41) is 22.3. The SMILES string of the molecule is COc1ccc([C@H](CO)N(C)Cc2csc([N+](=O)[O-])c2)cc1. The number of methoxy groups -OCH3 is 1. The van der Waals surface area contributed by atoms with Gasteiger partial charge in [0.2, 0.25) is 0 Å². The molecule has 0 saturated carbocycles. The van der Waals surface area contributed by atoms with E-state index in [4.69, 9.17) is 4.74 Å². The number of hydrogen-bond donors (Lipinski definition) is 1. The van der Waals surface area contributed by atoms with Crippen molar-refractivity contribution < 1.29 is 14.8 Å². The summed E-state index contributed by atoms with van der Waals surface area (Å²) < 4.78 is 5.13. The predicted molar refractivity (Wildman–Crippen MR) is 85.3 cm³/mol. The maximum Gasteiger partial charge on any atom is 0.324 e. The second-order valence-corrected chi connectivity index (χ2v) is 5.83. The van der Waals surface area contributed by atoms with Crippen molar-refractivity contribution in [1.82, 2.24) is 4.90 Å². The molecule has 2 aromatic rings. The number of rotatable bonds is 7. The van der Waals surface area contributed by atoms with Gasteiger partial charge in [-0.25, -0.2) is 0 Å². The monoisotopic (exact) mass is 322 g/mol. The highest BCUT2D eigenvalue weighted by Crippen LogP contribution is 2.27.